The van der Waals surface area contributed by atoms with E-state index in [1.165, 1.54) is 24.9 Å². The number of thioether (sulfide) groups is 1. The van der Waals surface area contributed by atoms with Gasteiger partial charge in [-0.25, -0.2) is 4.79 Å². The molecule has 7 heteroatoms. The molecule has 0 fully saturated rings. The fourth-order valence-corrected chi connectivity index (χ4v) is 2.50. The number of rotatable bonds is 5. The average Bonchev–Trinajstić information content (AvgIpc) is 2.26. The summed E-state index contributed by atoms with van der Waals surface area (Å²) in [6, 6.07) is 4.55. The Bertz CT molecular complexity index is 463. The third-order valence-corrected chi connectivity index (χ3v) is 3.29. The van der Waals surface area contributed by atoms with Crippen LogP contribution in [-0.2, 0) is 0 Å². The quantitative estimate of drug-likeness (QED) is 0.844. The van der Waals surface area contributed by atoms with Crippen LogP contribution in [-0.4, -0.2) is 36.6 Å². The van der Waals surface area contributed by atoms with Crippen LogP contribution < -0.4 is 4.90 Å². The van der Waals surface area contributed by atoms with Gasteiger partial charge in [-0.3, -0.25) is 0 Å². The van der Waals surface area contributed by atoms with Gasteiger partial charge < -0.3 is 10.0 Å². The van der Waals surface area contributed by atoms with Crippen molar-refractivity contribution in [2.24, 2.45) is 0 Å². The summed E-state index contributed by atoms with van der Waals surface area (Å²) in [7, 11) is 1.23. The van der Waals surface area contributed by atoms with Crippen molar-refractivity contribution in [3.8, 4) is 0 Å². The lowest BCUT2D eigenvalue weighted by Crippen LogP contribution is -2.32. The molecule has 0 unspecified atom stereocenters. The van der Waals surface area contributed by atoms with E-state index in [1.54, 1.807) is 12.1 Å². The van der Waals surface area contributed by atoms with E-state index < -0.39 is 18.7 Å². The topological polar surface area (TPSA) is 40.5 Å². The second-order valence-electron chi connectivity index (χ2n) is 3.86. The van der Waals surface area contributed by atoms with Gasteiger partial charge in [-0.1, -0.05) is 13.0 Å². The van der Waals surface area contributed by atoms with Crippen LogP contribution in [0.2, 0.25) is 0 Å². The van der Waals surface area contributed by atoms with Gasteiger partial charge in [0.2, 0.25) is 0 Å². The van der Waals surface area contributed by atoms with Crippen LogP contribution in [0.5, 0.6) is 0 Å². The van der Waals surface area contributed by atoms with E-state index in [0.717, 1.165) is 4.90 Å². The zero-order valence-electron chi connectivity index (χ0n) is 10.5. The summed E-state index contributed by atoms with van der Waals surface area (Å²) in [5.41, 5.74) is -0.00984. The van der Waals surface area contributed by atoms with Gasteiger partial charge in [-0.05, 0) is 17.9 Å². The van der Waals surface area contributed by atoms with E-state index in [9.17, 15) is 23.1 Å². The third kappa shape index (κ3) is 4.34. The van der Waals surface area contributed by atoms with Crippen molar-refractivity contribution in [1.29, 1.82) is 0 Å². The molecule has 0 aromatic heterocycles. The maximum absolute atomic E-state index is 12.4. The summed E-state index contributed by atoms with van der Waals surface area (Å²) in [5, 5.41) is 9.20. The molecule has 19 heavy (non-hydrogen) atoms. The van der Waals surface area contributed by atoms with Crippen LogP contribution >= 0.6 is 11.8 Å². The van der Waals surface area contributed by atoms with E-state index in [1.807, 2.05) is 6.92 Å². The van der Waals surface area contributed by atoms with E-state index in [2.05, 4.69) is 0 Å². The lowest BCUT2D eigenvalue weighted by atomic mass is 10.1. The van der Waals surface area contributed by atoms with Gasteiger partial charge in [0, 0.05) is 11.9 Å². The standard InChI is InChI=1S/C12H14F3NO2S/c1-3-19-9-6-4-5-8(10(9)11(17)18)16(2)7-12(13,14)15/h4-6H,3,7H2,1-2H3,(H,17,18). The Morgan fingerprint density at radius 3 is 2.53 bits per heavy atom. The van der Waals surface area contributed by atoms with E-state index >= 15 is 0 Å². The molecular weight excluding hydrogens is 279 g/mol. The molecule has 1 aromatic rings. The van der Waals surface area contributed by atoms with Crippen LogP contribution in [0, 0.1) is 0 Å². The zero-order valence-corrected chi connectivity index (χ0v) is 11.3. The first-order valence-electron chi connectivity index (χ1n) is 5.53. The first-order chi connectivity index (χ1) is 8.76. The summed E-state index contributed by atoms with van der Waals surface area (Å²) in [6.45, 7) is 0.663. The van der Waals surface area contributed by atoms with Gasteiger partial charge in [0.1, 0.15) is 6.54 Å². The Kier molecular flexibility index (Phi) is 5.11. The van der Waals surface area contributed by atoms with Gasteiger partial charge >= 0.3 is 12.1 Å². The van der Waals surface area contributed by atoms with Crippen LogP contribution in [0.1, 0.15) is 17.3 Å². The molecule has 0 bridgehead atoms. The van der Waals surface area contributed by atoms with Gasteiger partial charge in [0.25, 0.3) is 0 Å². The molecular formula is C12H14F3NO2S. The molecule has 0 saturated heterocycles. The number of hydrogen-bond acceptors (Lipinski definition) is 3. The van der Waals surface area contributed by atoms with Gasteiger partial charge in [0.15, 0.2) is 0 Å². The van der Waals surface area contributed by atoms with E-state index in [-0.39, 0.29) is 11.3 Å². The molecule has 0 aliphatic carbocycles. The first-order valence-corrected chi connectivity index (χ1v) is 6.51. The predicted octanol–water partition coefficient (Wildman–Crippen LogP) is 3.50. The molecule has 0 atom stereocenters. The lowest BCUT2D eigenvalue weighted by Gasteiger charge is -2.23. The van der Waals surface area contributed by atoms with Crippen molar-refractivity contribution in [2.75, 3.05) is 24.2 Å². The van der Waals surface area contributed by atoms with Crippen molar-refractivity contribution in [3.05, 3.63) is 23.8 Å². The van der Waals surface area contributed by atoms with Crippen LogP contribution in [0.4, 0.5) is 18.9 Å². The molecule has 0 saturated carbocycles. The average molecular weight is 293 g/mol. The minimum absolute atomic E-state index is 0.0725. The number of anilines is 1. The zero-order chi connectivity index (χ0) is 14.6. The summed E-state index contributed by atoms with van der Waals surface area (Å²) in [4.78, 5) is 12.6. The maximum atomic E-state index is 12.4. The number of alkyl halides is 3. The Morgan fingerprint density at radius 1 is 1.42 bits per heavy atom. The van der Waals surface area contributed by atoms with Crippen molar-refractivity contribution in [2.45, 2.75) is 18.0 Å². The number of halogens is 3. The number of carboxylic acid groups (broad SMARTS) is 1. The monoisotopic (exact) mass is 293 g/mol. The summed E-state index contributed by atoms with van der Waals surface area (Å²) in [6.07, 6.45) is -4.38. The third-order valence-electron chi connectivity index (χ3n) is 2.35. The number of hydrogen-bond donors (Lipinski definition) is 1. The molecule has 0 aliphatic heterocycles. The van der Waals surface area contributed by atoms with Crippen molar-refractivity contribution in [1.82, 2.24) is 0 Å². The normalized spacial score (nSPS) is 11.4. The summed E-state index contributed by atoms with van der Waals surface area (Å²) < 4.78 is 37.1. The maximum Gasteiger partial charge on any atom is 0.405 e. The molecule has 106 valence electrons. The number of benzene rings is 1. The Labute approximate surface area is 113 Å². The van der Waals surface area contributed by atoms with Crippen molar-refractivity contribution < 1.29 is 23.1 Å². The molecule has 0 amide bonds. The second kappa shape index (κ2) is 6.18. The SMILES string of the molecule is CCSc1cccc(N(C)CC(F)(F)F)c1C(=O)O. The molecule has 1 N–H and O–H groups in total. The first kappa shape index (κ1) is 15.7. The summed E-state index contributed by atoms with van der Waals surface area (Å²) in [5.74, 6) is -0.576. The van der Waals surface area contributed by atoms with Crippen LogP contribution in [0.15, 0.2) is 23.1 Å². The number of carboxylic acids is 1. The minimum Gasteiger partial charge on any atom is -0.478 e. The second-order valence-corrected chi connectivity index (χ2v) is 5.17. The smallest absolute Gasteiger partial charge is 0.405 e. The highest BCUT2D eigenvalue weighted by molar-refractivity contribution is 7.99. The molecule has 1 aromatic carbocycles. The highest BCUT2D eigenvalue weighted by Gasteiger charge is 2.31. The molecule has 0 heterocycles. The van der Waals surface area contributed by atoms with E-state index in [4.69, 9.17) is 0 Å². The highest BCUT2D eigenvalue weighted by atomic mass is 32.2. The van der Waals surface area contributed by atoms with Gasteiger partial charge in [-0.15, -0.1) is 11.8 Å². The van der Waals surface area contributed by atoms with Crippen LogP contribution in [0.25, 0.3) is 0 Å². The molecule has 3 nitrogen and oxygen atoms in total. The molecule has 1 rings (SSSR count). The molecule has 0 spiro atoms. The highest BCUT2D eigenvalue weighted by Crippen LogP contribution is 2.31. The van der Waals surface area contributed by atoms with Gasteiger partial charge in [-0.2, -0.15) is 13.2 Å². The van der Waals surface area contributed by atoms with E-state index in [0.29, 0.717) is 10.6 Å². The predicted molar refractivity (Wildman–Crippen MR) is 69.1 cm³/mol. The summed E-state index contributed by atoms with van der Waals surface area (Å²) >= 11 is 1.29. The fourth-order valence-electron chi connectivity index (χ4n) is 1.68. The molecule has 0 aliphatic rings. The van der Waals surface area contributed by atoms with Crippen molar-refractivity contribution >= 4 is 23.4 Å². The van der Waals surface area contributed by atoms with Crippen molar-refractivity contribution in [3.63, 3.8) is 0 Å². The van der Waals surface area contributed by atoms with Crippen LogP contribution in [0.3, 0.4) is 0 Å². The number of nitrogens with zero attached hydrogens (tertiary/aromatic N) is 1. The minimum atomic E-state index is -4.38. The number of aromatic carboxylic acids is 1. The Morgan fingerprint density at radius 2 is 2.05 bits per heavy atom. The molecule has 0 radical (unpaired) electrons. The number of carbonyl (C=O) groups is 1. The fraction of sp³-hybridized carbons (Fsp3) is 0.417. The Balaban J connectivity index is 3.19. The lowest BCUT2D eigenvalue weighted by molar-refractivity contribution is -0.119. The largest absolute Gasteiger partial charge is 0.478 e. The Hall–Kier alpha value is -1.37. The van der Waals surface area contributed by atoms with Gasteiger partial charge in [0.05, 0.1) is 11.3 Å².